The Balaban J connectivity index is 1.73. The van der Waals surface area contributed by atoms with Crippen molar-refractivity contribution < 1.29 is 31.9 Å². The molecule has 0 radical (unpaired) electrons. The fourth-order valence-electron chi connectivity index (χ4n) is 4.08. The second kappa shape index (κ2) is 9.87. The minimum Gasteiger partial charge on any atom is -0.389 e. The molecule has 2 aromatic carbocycles. The van der Waals surface area contributed by atoms with Crippen LogP contribution in [0, 0.1) is 17.6 Å². The molecular formula is C23H24ClF2NO5S. The van der Waals surface area contributed by atoms with Crippen LogP contribution in [0.3, 0.4) is 0 Å². The van der Waals surface area contributed by atoms with Crippen LogP contribution in [-0.4, -0.2) is 36.6 Å². The first-order valence-electron chi connectivity index (χ1n) is 10.4. The predicted molar refractivity (Wildman–Crippen MR) is 120 cm³/mol. The number of sulfone groups is 1. The number of amides is 1. The lowest BCUT2D eigenvalue weighted by molar-refractivity contribution is -0.123. The Bertz CT molecular complexity index is 1180. The molecular weight excluding hydrogens is 476 g/mol. The van der Waals surface area contributed by atoms with Crippen molar-refractivity contribution in [3.05, 3.63) is 58.6 Å². The Kier molecular flexibility index (Phi) is 7.55. The van der Waals surface area contributed by atoms with Crippen molar-refractivity contribution in [3.63, 3.8) is 0 Å². The van der Waals surface area contributed by atoms with Gasteiger partial charge < -0.3 is 10.4 Å². The largest absolute Gasteiger partial charge is 0.389 e. The molecule has 6 nitrogen and oxygen atoms in total. The minimum absolute atomic E-state index is 0.0119. The summed E-state index contributed by atoms with van der Waals surface area (Å²) in [7, 11) is -3.86. The number of rotatable bonds is 7. The van der Waals surface area contributed by atoms with E-state index in [0.29, 0.717) is 25.7 Å². The highest BCUT2D eigenvalue weighted by atomic mass is 35.5. The van der Waals surface area contributed by atoms with Gasteiger partial charge in [-0.05, 0) is 68.9 Å². The van der Waals surface area contributed by atoms with Crippen LogP contribution in [0.15, 0.2) is 41.3 Å². The standard InChI is InChI=1S/C23H24ClF2NO5S/c1-14(28)12-23(30)8-6-15(7-9-23)13-33(31,32)21-10-16(2-4-18(21)24)22(29)27-17-3-5-19(25)20(26)11-17/h2-5,10-11,15,30H,6-9,12-13H2,1H3,(H,27,29)/t15-,23+. The molecule has 1 aliphatic rings. The van der Waals surface area contributed by atoms with Gasteiger partial charge in [0.15, 0.2) is 21.5 Å². The Morgan fingerprint density at radius 3 is 2.39 bits per heavy atom. The van der Waals surface area contributed by atoms with Crippen molar-refractivity contribution >= 4 is 38.8 Å². The lowest BCUT2D eigenvalue weighted by Gasteiger charge is -2.35. The number of benzene rings is 2. The maximum Gasteiger partial charge on any atom is 0.255 e. The van der Waals surface area contributed by atoms with Crippen LogP contribution in [0.2, 0.25) is 5.02 Å². The molecule has 1 amide bonds. The molecule has 33 heavy (non-hydrogen) atoms. The summed E-state index contributed by atoms with van der Waals surface area (Å²) in [6.07, 6.45) is 1.59. The number of halogens is 3. The summed E-state index contributed by atoms with van der Waals surface area (Å²) in [6.45, 7) is 1.41. The summed E-state index contributed by atoms with van der Waals surface area (Å²) >= 11 is 6.12. The van der Waals surface area contributed by atoms with E-state index in [0.717, 1.165) is 18.2 Å². The molecule has 0 bridgehead atoms. The topological polar surface area (TPSA) is 101 Å². The summed E-state index contributed by atoms with van der Waals surface area (Å²) < 4.78 is 52.6. The fourth-order valence-corrected chi connectivity index (χ4v) is 6.36. The van der Waals surface area contributed by atoms with Crippen LogP contribution in [0.1, 0.15) is 49.4 Å². The molecule has 2 aromatic rings. The van der Waals surface area contributed by atoms with Gasteiger partial charge in [-0.3, -0.25) is 9.59 Å². The molecule has 178 valence electrons. The number of nitrogens with one attached hydrogen (secondary N) is 1. The number of anilines is 1. The van der Waals surface area contributed by atoms with E-state index < -0.39 is 33.0 Å². The maximum atomic E-state index is 13.4. The number of ketones is 1. The Morgan fingerprint density at radius 1 is 1.12 bits per heavy atom. The van der Waals surface area contributed by atoms with E-state index in [-0.39, 0.29) is 45.0 Å². The molecule has 2 N–H and O–H groups in total. The second-order valence-electron chi connectivity index (χ2n) is 8.56. The number of carbonyl (C=O) groups excluding carboxylic acids is 2. The molecule has 1 aliphatic carbocycles. The van der Waals surface area contributed by atoms with Crippen LogP contribution >= 0.6 is 11.6 Å². The first kappa shape index (κ1) is 25.3. The highest BCUT2D eigenvalue weighted by molar-refractivity contribution is 7.91. The van der Waals surface area contributed by atoms with Gasteiger partial charge in [-0.1, -0.05) is 11.6 Å². The van der Waals surface area contributed by atoms with Crippen molar-refractivity contribution in [2.75, 3.05) is 11.1 Å². The second-order valence-corrected chi connectivity index (χ2v) is 11.0. The summed E-state index contributed by atoms with van der Waals surface area (Å²) in [5.41, 5.74) is -1.10. The van der Waals surface area contributed by atoms with Gasteiger partial charge in [-0.25, -0.2) is 17.2 Å². The molecule has 0 unspecified atom stereocenters. The maximum absolute atomic E-state index is 13.4. The van der Waals surface area contributed by atoms with E-state index in [4.69, 9.17) is 11.6 Å². The molecule has 0 aromatic heterocycles. The molecule has 0 saturated heterocycles. The van der Waals surface area contributed by atoms with Gasteiger partial charge in [0.2, 0.25) is 0 Å². The Hall–Kier alpha value is -2.36. The van der Waals surface area contributed by atoms with Crippen molar-refractivity contribution in [1.82, 2.24) is 0 Å². The zero-order valence-electron chi connectivity index (χ0n) is 17.9. The molecule has 0 aliphatic heterocycles. The SMILES string of the molecule is CC(=O)C[C@]1(O)CC[C@@H](CS(=O)(=O)c2cc(C(=O)Nc3ccc(F)c(F)c3)ccc2Cl)CC1. The third kappa shape index (κ3) is 6.37. The number of hydrogen-bond acceptors (Lipinski definition) is 5. The predicted octanol–water partition coefficient (Wildman–Crippen LogP) is 4.54. The smallest absolute Gasteiger partial charge is 0.255 e. The molecule has 0 spiro atoms. The normalized spacial score (nSPS) is 20.9. The first-order valence-corrected chi connectivity index (χ1v) is 12.4. The number of Topliss-reactive ketones (excluding diaryl/α,β-unsaturated/α-hetero) is 1. The lowest BCUT2D eigenvalue weighted by Crippen LogP contribution is -2.37. The van der Waals surface area contributed by atoms with E-state index in [1.54, 1.807) is 0 Å². The fraction of sp³-hybridized carbons (Fsp3) is 0.391. The van der Waals surface area contributed by atoms with Crippen LogP contribution in [0.4, 0.5) is 14.5 Å². The molecule has 0 heterocycles. The van der Waals surface area contributed by atoms with Crippen molar-refractivity contribution in [2.24, 2.45) is 5.92 Å². The first-order chi connectivity index (χ1) is 15.4. The Morgan fingerprint density at radius 2 is 1.79 bits per heavy atom. The number of carbonyl (C=O) groups is 2. The zero-order chi connectivity index (χ0) is 24.4. The molecule has 0 atom stereocenters. The minimum atomic E-state index is -3.86. The summed E-state index contributed by atoms with van der Waals surface area (Å²) in [6, 6.07) is 6.64. The average Bonchev–Trinajstić information content (AvgIpc) is 2.72. The van der Waals surface area contributed by atoms with Gasteiger partial charge in [0.25, 0.3) is 5.91 Å². The van der Waals surface area contributed by atoms with Crippen LogP contribution in [0.25, 0.3) is 0 Å². The number of aliphatic hydroxyl groups is 1. The van der Waals surface area contributed by atoms with Crippen molar-refractivity contribution in [3.8, 4) is 0 Å². The summed E-state index contributed by atoms with van der Waals surface area (Å²) in [4.78, 5) is 23.7. The molecule has 10 heteroatoms. The molecule has 1 saturated carbocycles. The van der Waals surface area contributed by atoms with Crippen LogP contribution in [0.5, 0.6) is 0 Å². The monoisotopic (exact) mass is 499 g/mol. The van der Waals surface area contributed by atoms with Gasteiger partial charge in [0, 0.05) is 23.7 Å². The molecule has 3 rings (SSSR count). The average molecular weight is 500 g/mol. The van der Waals surface area contributed by atoms with Crippen molar-refractivity contribution in [2.45, 2.75) is 49.5 Å². The third-order valence-electron chi connectivity index (χ3n) is 5.77. The number of hydrogen-bond donors (Lipinski definition) is 2. The van der Waals surface area contributed by atoms with E-state index in [1.165, 1.54) is 25.1 Å². The highest BCUT2D eigenvalue weighted by Gasteiger charge is 2.36. The van der Waals surface area contributed by atoms with E-state index in [1.807, 2.05) is 0 Å². The third-order valence-corrected chi connectivity index (χ3v) is 8.13. The molecule has 1 fully saturated rings. The van der Waals surface area contributed by atoms with Crippen LogP contribution < -0.4 is 5.32 Å². The summed E-state index contributed by atoms with van der Waals surface area (Å²) in [5.74, 6) is -3.45. The quantitative estimate of drug-likeness (QED) is 0.582. The van der Waals surface area contributed by atoms with Gasteiger partial charge in [-0.15, -0.1) is 0 Å². The van der Waals surface area contributed by atoms with E-state index in [9.17, 15) is 31.9 Å². The summed E-state index contributed by atoms with van der Waals surface area (Å²) in [5, 5.41) is 12.8. The lowest BCUT2D eigenvalue weighted by atomic mass is 9.77. The van der Waals surface area contributed by atoms with E-state index >= 15 is 0 Å². The van der Waals surface area contributed by atoms with E-state index in [2.05, 4.69) is 5.32 Å². The van der Waals surface area contributed by atoms with Gasteiger partial charge >= 0.3 is 0 Å². The van der Waals surface area contributed by atoms with Crippen LogP contribution in [-0.2, 0) is 14.6 Å². The van der Waals surface area contributed by atoms with Gasteiger partial charge in [0.05, 0.1) is 21.3 Å². The van der Waals surface area contributed by atoms with Gasteiger partial charge in [0.1, 0.15) is 5.78 Å². The highest BCUT2D eigenvalue weighted by Crippen LogP contribution is 2.36. The zero-order valence-corrected chi connectivity index (χ0v) is 19.5. The Labute approximate surface area is 195 Å². The van der Waals surface area contributed by atoms with Crippen molar-refractivity contribution in [1.29, 1.82) is 0 Å². The van der Waals surface area contributed by atoms with Gasteiger partial charge in [-0.2, -0.15) is 0 Å².